The van der Waals surface area contributed by atoms with Gasteiger partial charge in [0.2, 0.25) is 0 Å². The number of hydrogen-bond acceptors (Lipinski definition) is 4. The number of methoxy groups -OCH3 is 1. The van der Waals surface area contributed by atoms with Gasteiger partial charge in [-0.3, -0.25) is 4.79 Å². The summed E-state index contributed by atoms with van der Waals surface area (Å²) in [7, 11) is 1.55. The van der Waals surface area contributed by atoms with E-state index in [2.05, 4.69) is 12.1 Å². The van der Waals surface area contributed by atoms with E-state index in [0.717, 1.165) is 30.4 Å². The van der Waals surface area contributed by atoms with Gasteiger partial charge in [-0.05, 0) is 42.9 Å². The normalized spacial score (nSPS) is 12.0. The summed E-state index contributed by atoms with van der Waals surface area (Å²) in [6.45, 7) is 2.00. The average Bonchev–Trinajstić information content (AvgIpc) is 2.66. The van der Waals surface area contributed by atoms with Crippen LogP contribution in [0.25, 0.3) is 0 Å². The van der Waals surface area contributed by atoms with Gasteiger partial charge < -0.3 is 14.9 Å². The first-order chi connectivity index (χ1) is 13.0. The van der Waals surface area contributed by atoms with Crippen LogP contribution >= 0.6 is 0 Å². The van der Waals surface area contributed by atoms with Crippen LogP contribution in [0.2, 0.25) is 0 Å². The van der Waals surface area contributed by atoms with E-state index in [1.54, 1.807) is 13.2 Å². The zero-order chi connectivity index (χ0) is 19.6. The zero-order valence-corrected chi connectivity index (χ0v) is 16.3. The number of hydrogen-bond donors (Lipinski definition) is 2. The van der Waals surface area contributed by atoms with E-state index >= 15 is 0 Å². The van der Waals surface area contributed by atoms with E-state index in [9.17, 15) is 15.0 Å². The Morgan fingerprint density at radius 1 is 1.07 bits per heavy atom. The first-order valence-electron chi connectivity index (χ1n) is 9.66. The number of carbonyl (C=O) groups excluding carboxylic acids is 1. The van der Waals surface area contributed by atoms with Crippen LogP contribution in [0.15, 0.2) is 42.5 Å². The molecule has 27 heavy (non-hydrogen) atoms. The van der Waals surface area contributed by atoms with Crippen LogP contribution in [0.5, 0.6) is 11.5 Å². The van der Waals surface area contributed by atoms with Crippen molar-refractivity contribution in [2.75, 3.05) is 7.11 Å². The summed E-state index contributed by atoms with van der Waals surface area (Å²) in [4.78, 5) is 12.2. The molecule has 0 saturated carbocycles. The van der Waals surface area contributed by atoms with Crippen molar-refractivity contribution in [2.24, 2.45) is 0 Å². The maximum atomic E-state index is 12.2. The SMILES string of the molecule is CCC[C@@H](O)CC(=O)CCc1ccc(O)c(OC)c1CCc1ccccc1. The van der Waals surface area contributed by atoms with Crippen molar-refractivity contribution in [3.8, 4) is 11.5 Å². The molecule has 0 spiro atoms. The van der Waals surface area contributed by atoms with Crippen LogP contribution in [0, 0.1) is 0 Å². The standard InChI is InChI=1S/C23H30O4/c1-3-7-19(24)16-20(25)13-11-18-12-15-22(26)23(27-2)21(18)14-10-17-8-5-4-6-9-17/h4-6,8-9,12,15,19,24,26H,3,7,10-11,13-14,16H2,1-2H3/t19-/m1/s1. The molecule has 0 saturated heterocycles. The molecule has 1 atom stereocenters. The summed E-state index contributed by atoms with van der Waals surface area (Å²) in [5, 5.41) is 20.0. The molecule has 2 aromatic carbocycles. The number of phenols is 1. The molecule has 2 rings (SSSR count). The fourth-order valence-corrected chi connectivity index (χ4v) is 3.38. The van der Waals surface area contributed by atoms with E-state index in [1.807, 2.05) is 31.2 Å². The van der Waals surface area contributed by atoms with Crippen LogP contribution in [0.3, 0.4) is 0 Å². The molecule has 0 aliphatic rings. The van der Waals surface area contributed by atoms with Crippen LogP contribution < -0.4 is 4.74 Å². The van der Waals surface area contributed by atoms with Crippen molar-refractivity contribution in [1.29, 1.82) is 0 Å². The molecule has 4 nitrogen and oxygen atoms in total. The van der Waals surface area contributed by atoms with Crippen LogP contribution in [-0.2, 0) is 24.1 Å². The minimum Gasteiger partial charge on any atom is -0.504 e. The molecule has 0 radical (unpaired) electrons. The van der Waals surface area contributed by atoms with Crippen LogP contribution in [0.1, 0.15) is 49.3 Å². The Morgan fingerprint density at radius 2 is 1.81 bits per heavy atom. The molecule has 0 unspecified atom stereocenters. The first-order valence-corrected chi connectivity index (χ1v) is 9.66. The lowest BCUT2D eigenvalue weighted by molar-refractivity contribution is -0.121. The minimum absolute atomic E-state index is 0.0667. The van der Waals surface area contributed by atoms with E-state index in [4.69, 9.17) is 4.74 Å². The number of rotatable bonds is 11. The maximum absolute atomic E-state index is 12.2. The number of ether oxygens (including phenoxy) is 1. The number of benzene rings is 2. The molecule has 0 aliphatic carbocycles. The van der Waals surface area contributed by atoms with E-state index in [1.165, 1.54) is 5.56 Å². The van der Waals surface area contributed by atoms with E-state index in [0.29, 0.717) is 25.0 Å². The monoisotopic (exact) mass is 370 g/mol. The van der Waals surface area contributed by atoms with E-state index < -0.39 is 6.10 Å². The Balaban J connectivity index is 2.09. The summed E-state index contributed by atoms with van der Waals surface area (Å²) in [6, 6.07) is 13.7. The highest BCUT2D eigenvalue weighted by Gasteiger charge is 2.16. The molecular weight excluding hydrogens is 340 g/mol. The van der Waals surface area contributed by atoms with Crippen molar-refractivity contribution < 1.29 is 19.7 Å². The van der Waals surface area contributed by atoms with Gasteiger partial charge >= 0.3 is 0 Å². The lowest BCUT2D eigenvalue weighted by Crippen LogP contribution is -2.14. The summed E-state index contributed by atoms with van der Waals surface area (Å²) in [5.41, 5.74) is 3.18. The smallest absolute Gasteiger partial charge is 0.163 e. The van der Waals surface area contributed by atoms with Crippen molar-refractivity contribution in [1.82, 2.24) is 0 Å². The quantitative estimate of drug-likeness (QED) is 0.621. The molecule has 0 aromatic heterocycles. The second-order valence-corrected chi connectivity index (χ2v) is 6.93. The minimum atomic E-state index is -0.547. The predicted molar refractivity (Wildman–Crippen MR) is 107 cm³/mol. The maximum Gasteiger partial charge on any atom is 0.163 e. The molecule has 0 fully saturated rings. The number of aliphatic hydroxyl groups is 1. The van der Waals surface area contributed by atoms with Crippen LogP contribution in [-0.4, -0.2) is 29.2 Å². The second kappa shape index (κ2) is 10.7. The van der Waals surface area contributed by atoms with Crippen molar-refractivity contribution >= 4 is 5.78 Å². The van der Waals surface area contributed by atoms with Crippen molar-refractivity contribution in [3.63, 3.8) is 0 Å². The molecule has 146 valence electrons. The summed E-state index contributed by atoms with van der Waals surface area (Å²) in [5.74, 6) is 0.674. The highest BCUT2D eigenvalue weighted by molar-refractivity contribution is 5.79. The second-order valence-electron chi connectivity index (χ2n) is 6.93. The Labute approximate surface area is 161 Å². The fraction of sp³-hybridized carbons (Fsp3) is 0.435. The lowest BCUT2D eigenvalue weighted by atomic mass is 9.94. The molecule has 2 aromatic rings. The van der Waals surface area contributed by atoms with Crippen molar-refractivity contribution in [2.45, 2.75) is 58.0 Å². The Morgan fingerprint density at radius 3 is 2.48 bits per heavy atom. The molecule has 2 N–H and O–H groups in total. The van der Waals surface area contributed by atoms with Gasteiger partial charge in [-0.25, -0.2) is 0 Å². The largest absolute Gasteiger partial charge is 0.504 e. The molecule has 0 heterocycles. The number of ketones is 1. The first kappa shape index (κ1) is 21.0. The third-order valence-electron chi connectivity index (χ3n) is 4.81. The predicted octanol–water partition coefficient (Wildman–Crippen LogP) is 4.24. The topological polar surface area (TPSA) is 66.8 Å². The number of Topliss-reactive ketones (excluding diaryl/α,β-unsaturated/α-hetero) is 1. The molecule has 0 amide bonds. The average molecular weight is 370 g/mol. The summed E-state index contributed by atoms with van der Waals surface area (Å²) < 4.78 is 5.43. The number of carbonyl (C=O) groups is 1. The van der Waals surface area contributed by atoms with Gasteiger partial charge in [0.25, 0.3) is 0 Å². The Kier molecular flexibility index (Phi) is 8.34. The summed E-state index contributed by atoms with van der Waals surface area (Å²) in [6.07, 6.45) is 3.71. The number of aryl methyl sites for hydroxylation is 2. The number of phenolic OH excluding ortho intramolecular Hbond substituents is 1. The molecule has 4 heteroatoms. The Hall–Kier alpha value is -2.33. The van der Waals surface area contributed by atoms with Gasteiger partial charge in [0.1, 0.15) is 5.78 Å². The number of aliphatic hydroxyl groups excluding tert-OH is 1. The van der Waals surface area contributed by atoms with Crippen LogP contribution in [0.4, 0.5) is 0 Å². The lowest BCUT2D eigenvalue weighted by Gasteiger charge is -2.16. The van der Waals surface area contributed by atoms with Gasteiger partial charge in [-0.1, -0.05) is 49.7 Å². The van der Waals surface area contributed by atoms with Gasteiger partial charge in [0.15, 0.2) is 11.5 Å². The highest BCUT2D eigenvalue weighted by atomic mass is 16.5. The third-order valence-corrected chi connectivity index (χ3v) is 4.81. The third kappa shape index (κ3) is 6.40. The number of aromatic hydroxyl groups is 1. The molecule has 0 aliphatic heterocycles. The van der Waals surface area contributed by atoms with Gasteiger partial charge in [-0.2, -0.15) is 0 Å². The van der Waals surface area contributed by atoms with Gasteiger partial charge in [0.05, 0.1) is 13.2 Å². The molecular formula is C23H30O4. The highest BCUT2D eigenvalue weighted by Crippen LogP contribution is 2.34. The van der Waals surface area contributed by atoms with Gasteiger partial charge in [0, 0.05) is 18.4 Å². The Bertz CT molecular complexity index is 725. The fourth-order valence-electron chi connectivity index (χ4n) is 3.38. The van der Waals surface area contributed by atoms with E-state index in [-0.39, 0.29) is 18.0 Å². The summed E-state index contributed by atoms with van der Waals surface area (Å²) >= 11 is 0. The van der Waals surface area contributed by atoms with Crippen molar-refractivity contribution in [3.05, 3.63) is 59.2 Å². The molecule has 0 bridgehead atoms. The van der Waals surface area contributed by atoms with Gasteiger partial charge in [-0.15, -0.1) is 0 Å². The zero-order valence-electron chi connectivity index (χ0n) is 16.3.